The van der Waals surface area contributed by atoms with Crippen molar-refractivity contribution in [3.63, 3.8) is 0 Å². The van der Waals surface area contributed by atoms with Crippen molar-refractivity contribution >= 4 is 34.4 Å². The molecule has 1 amide bonds. The third kappa shape index (κ3) is 3.51. The van der Waals surface area contributed by atoms with Gasteiger partial charge in [0.2, 0.25) is 0 Å². The summed E-state index contributed by atoms with van der Waals surface area (Å²) in [5.74, 6) is -0.334. The number of nitrogens with zero attached hydrogens (tertiary/aromatic N) is 3. The molecule has 0 bridgehead atoms. The summed E-state index contributed by atoms with van der Waals surface area (Å²) in [5.41, 5.74) is 5.89. The number of hydrogen-bond donors (Lipinski definition) is 2. The van der Waals surface area contributed by atoms with Gasteiger partial charge in [-0.05, 0) is 12.0 Å². The number of carbonyl (C=O) groups excluding carboxylic acids is 1. The summed E-state index contributed by atoms with van der Waals surface area (Å²) in [6.07, 6.45) is 0. The van der Waals surface area contributed by atoms with Crippen molar-refractivity contribution in [1.82, 2.24) is 19.4 Å². The Morgan fingerprint density at radius 1 is 1.21 bits per heavy atom. The molecular weight excluding hydrogens is 394 g/mol. The van der Waals surface area contributed by atoms with Crippen molar-refractivity contribution in [3.8, 4) is 11.1 Å². The number of anilines is 1. The lowest BCUT2D eigenvalue weighted by atomic mass is 9.96. The molecular formula is C20H22ClN5O3. The number of nitrogens with one attached hydrogen (secondary N) is 1. The van der Waals surface area contributed by atoms with Crippen LogP contribution < -0.4 is 22.3 Å². The largest absolute Gasteiger partial charge is 0.383 e. The number of pyridine rings is 1. The van der Waals surface area contributed by atoms with E-state index in [9.17, 15) is 14.4 Å². The Labute approximate surface area is 171 Å². The minimum atomic E-state index is -0.580. The molecule has 152 valence electrons. The summed E-state index contributed by atoms with van der Waals surface area (Å²) in [7, 11) is 2.86. The minimum absolute atomic E-state index is 0.0574. The number of halogens is 1. The fraction of sp³-hybridized carbons (Fsp3) is 0.300. The Morgan fingerprint density at radius 2 is 1.86 bits per heavy atom. The van der Waals surface area contributed by atoms with E-state index in [-0.39, 0.29) is 33.9 Å². The molecule has 0 saturated heterocycles. The summed E-state index contributed by atoms with van der Waals surface area (Å²) in [6, 6.07) is 6.83. The van der Waals surface area contributed by atoms with Crippen LogP contribution in [0.2, 0.25) is 5.02 Å². The number of nitrogen functional groups attached to an aromatic ring is 1. The monoisotopic (exact) mass is 415 g/mol. The number of nitrogens with two attached hydrogens (primary N) is 1. The van der Waals surface area contributed by atoms with Crippen molar-refractivity contribution in [2.45, 2.75) is 13.8 Å². The average molecular weight is 416 g/mol. The van der Waals surface area contributed by atoms with E-state index in [1.807, 2.05) is 13.8 Å². The van der Waals surface area contributed by atoms with Gasteiger partial charge < -0.3 is 11.1 Å². The van der Waals surface area contributed by atoms with Crippen LogP contribution in [-0.4, -0.2) is 26.6 Å². The number of rotatable bonds is 4. The molecule has 0 unspecified atom stereocenters. The first-order valence-corrected chi connectivity index (χ1v) is 9.45. The van der Waals surface area contributed by atoms with Crippen molar-refractivity contribution in [2.75, 3.05) is 12.3 Å². The molecule has 9 heteroatoms. The molecule has 2 heterocycles. The van der Waals surface area contributed by atoms with Crippen molar-refractivity contribution in [2.24, 2.45) is 20.0 Å². The van der Waals surface area contributed by atoms with Crippen LogP contribution in [0.1, 0.15) is 24.2 Å². The maximum Gasteiger partial charge on any atom is 0.332 e. The smallest absolute Gasteiger partial charge is 0.332 e. The van der Waals surface area contributed by atoms with Gasteiger partial charge in [0.05, 0.1) is 10.9 Å². The Hall–Kier alpha value is -3.13. The highest BCUT2D eigenvalue weighted by molar-refractivity contribution is 6.34. The molecule has 0 aliphatic heterocycles. The maximum absolute atomic E-state index is 13.1. The van der Waals surface area contributed by atoms with Crippen LogP contribution >= 0.6 is 11.6 Å². The molecule has 0 saturated carbocycles. The summed E-state index contributed by atoms with van der Waals surface area (Å²) >= 11 is 6.41. The lowest BCUT2D eigenvalue weighted by Crippen LogP contribution is -2.38. The highest BCUT2D eigenvalue weighted by Crippen LogP contribution is 2.36. The van der Waals surface area contributed by atoms with Crippen LogP contribution in [0, 0.1) is 5.92 Å². The summed E-state index contributed by atoms with van der Waals surface area (Å²) < 4.78 is 2.19. The van der Waals surface area contributed by atoms with E-state index in [2.05, 4.69) is 10.3 Å². The zero-order chi connectivity index (χ0) is 21.5. The second-order valence-corrected chi connectivity index (χ2v) is 7.64. The number of aryl methyl sites for hydroxylation is 1. The molecule has 0 atom stereocenters. The Bertz CT molecular complexity index is 1240. The molecule has 8 nitrogen and oxygen atoms in total. The predicted octanol–water partition coefficient (Wildman–Crippen LogP) is 1.92. The highest BCUT2D eigenvalue weighted by Gasteiger charge is 2.26. The van der Waals surface area contributed by atoms with Gasteiger partial charge in [0.1, 0.15) is 5.82 Å². The maximum atomic E-state index is 13.1. The quantitative estimate of drug-likeness (QED) is 0.676. The zero-order valence-electron chi connectivity index (χ0n) is 16.6. The van der Waals surface area contributed by atoms with Gasteiger partial charge in [-0.2, -0.15) is 0 Å². The summed E-state index contributed by atoms with van der Waals surface area (Å²) in [4.78, 5) is 42.7. The van der Waals surface area contributed by atoms with Crippen LogP contribution in [0.4, 0.5) is 5.82 Å². The van der Waals surface area contributed by atoms with Crippen molar-refractivity contribution in [1.29, 1.82) is 0 Å². The number of aromatic nitrogens is 3. The molecule has 0 aliphatic carbocycles. The molecule has 29 heavy (non-hydrogen) atoms. The third-order valence-corrected chi connectivity index (χ3v) is 4.99. The molecule has 3 N–H and O–H groups in total. The van der Waals surface area contributed by atoms with Gasteiger partial charge in [-0.3, -0.25) is 18.7 Å². The first-order valence-electron chi connectivity index (χ1n) is 9.07. The lowest BCUT2D eigenvalue weighted by Gasteiger charge is -2.18. The Morgan fingerprint density at radius 3 is 2.48 bits per heavy atom. The van der Waals surface area contributed by atoms with Crippen LogP contribution in [-0.2, 0) is 14.1 Å². The topological polar surface area (TPSA) is 112 Å². The highest BCUT2D eigenvalue weighted by atomic mass is 35.5. The van der Waals surface area contributed by atoms with Crippen LogP contribution in [0.15, 0.2) is 33.9 Å². The van der Waals surface area contributed by atoms with E-state index in [1.54, 1.807) is 24.3 Å². The van der Waals surface area contributed by atoms with Gasteiger partial charge >= 0.3 is 5.69 Å². The van der Waals surface area contributed by atoms with Gasteiger partial charge in [0.15, 0.2) is 5.65 Å². The van der Waals surface area contributed by atoms with Crippen LogP contribution in [0.5, 0.6) is 0 Å². The Kier molecular flexibility index (Phi) is 5.48. The number of fused-ring (bicyclic) bond motifs is 1. The van der Waals surface area contributed by atoms with Crippen LogP contribution in [0.3, 0.4) is 0 Å². The fourth-order valence-electron chi connectivity index (χ4n) is 3.15. The predicted molar refractivity (Wildman–Crippen MR) is 114 cm³/mol. The lowest BCUT2D eigenvalue weighted by molar-refractivity contribution is 0.0950. The first kappa shape index (κ1) is 20.6. The molecule has 1 aromatic carbocycles. The molecule has 3 rings (SSSR count). The second-order valence-electron chi connectivity index (χ2n) is 7.24. The van der Waals surface area contributed by atoms with Gasteiger partial charge in [0, 0.05) is 36.8 Å². The molecule has 0 radical (unpaired) electrons. The first-order chi connectivity index (χ1) is 13.6. The van der Waals surface area contributed by atoms with Crippen molar-refractivity contribution in [3.05, 3.63) is 55.7 Å². The van der Waals surface area contributed by atoms with E-state index in [1.165, 1.54) is 18.7 Å². The summed E-state index contributed by atoms with van der Waals surface area (Å²) in [5, 5.41) is 3.26. The van der Waals surface area contributed by atoms with E-state index in [0.717, 1.165) is 4.57 Å². The standard InChI is InChI=1S/C20H22ClN5O3/c1-10(2)9-23-18(27)14-13(11-7-5-6-8-12(11)21)15-17(24-16(14)22)25(3)20(29)26(4)19(15)28/h5-8,10H,9H2,1-4H3,(H2,22,24)(H,23,27). The van der Waals surface area contributed by atoms with E-state index >= 15 is 0 Å². The van der Waals surface area contributed by atoms with Crippen LogP contribution in [0.25, 0.3) is 22.2 Å². The van der Waals surface area contributed by atoms with Gasteiger partial charge in [-0.25, -0.2) is 9.78 Å². The SMILES string of the molecule is CC(C)CNC(=O)c1c(N)nc2c(c1-c1ccccc1Cl)c(=O)n(C)c(=O)n2C. The number of benzene rings is 1. The number of hydrogen-bond acceptors (Lipinski definition) is 5. The molecule has 0 aliphatic rings. The second kappa shape index (κ2) is 7.71. The third-order valence-electron chi connectivity index (χ3n) is 4.66. The van der Waals surface area contributed by atoms with E-state index < -0.39 is 17.2 Å². The average Bonchev–Trinajstić information content (AvgIpc) is 2.68. The van der Waals surface area contributed by atoms with E-state index in [4.69, 9.17) is 17.3 Å². The van der Waals surface area contributed by atoms with Gasteiger partial charge in [-0.1, -0.05) is 43.6 Å². The zero-order valence-corrected chi connectivity index (χ0v) is 17.4. The fourth-order valence-corrected chi connectivity index (χ4v) is 3.38. The van der Waals surface area contributed by atoms with Crippen molar-refractivity contribution < 1.29 is 4.79 Å². The normalized spacial score (nSPS) is 11.2. The van der Waals surface area contributed by atoms with Gasteiger partial charge in [0.25, 0.3) is 11.5 Å². The molecule has 0 spiro atoms. The van der Waals surface area contributed by atoms with Gasteiger partial charge in [-0.15, -0.1) is 0 Å². The molecule has 3 aromatic rings. The summed E-state index contributed by atoms with van der Waals surface area (Å²) in [6.45, 7) is 4.34. The minimum Gasteiger partial charge on any atom is -0.383 e. The van der Waals surface area contributed by atoms with E-state index in [0.29, 0.717) is 17.1 Å². The number of amides is 1. The molecule has 2 aromatic heterocycles. The Balaban J connectivity index is 2.52. The molecule has 0 fully saturated rings. The number of carbonyl (C=O) groups is 1.